The van der Waals surface area contributed by atoms with Gasteiger partial charge in [-0.3, -0.25) is 0 Å². The zero-order valence-electron chi connectivity index (χ0n) is 12.2. The maximum atomic E-state index is 12.5. The zero-order valence-corrected chi connectivity index (χ0v) is 12.2. The molecule has 6 heteroatoms. The number of halogens is 3. The Morgan fingerprint density at radius 2 is 1.95 bits per heavy atom. The maximum absolute atomic E-state index is 12.5. The molecule has 1 fully saturated rings. The second-order valence-corrected chi connectivity index (χ2v) is 5.75. The topological polar surface area (TPSA) is 41.3 Å². The second kappa shape index (κ2) is 6.56. The van der Waals surface area contributed by atoms with Gasteiger partial charge in [-0.25, -0.2) is 0 Å². The van der Waals surface area contributed by atoms with Crippen molar-refractivity contribution >= 4 is 11.4 Å². The molecule has 0 spiro atoms. The Balaban J connectivity index is 1.83. The van der Waals surface area contributed by atoms with Crippen LogP contribution < -0.4 is 11.1 Å². The third kappa shape index (κ3) is 4.52. The van der Waals surface area contributed by atoms with Gasteiger partial charge in [-0.2, -0.15) is 13.2 Å². The second-order valence-electron chi connectivity index (χ2n) is 5.75. The van der Waals surface area contributed by atoms with E-state index in [1.54, 1.807) is 0 Å². The first-order chi connectivity index (χ1) is 9.86. The van der Waals surface area contributed by atoms with Crippen LogP contribution in [0.25, 0.3) is 0 Å². The van der Waals surface area contributed by atoms with Crippen LogP contribution in [0.5, 0.6) is 0 Å². The van der Waals surface area contributed by atoms with E-state index in [0.29, 0.717) is 12.2 Å². The van der Waals surface area contributed by atoms with Crippen molar-refractivity contribution in [2.75, 3.05) is 37.2 Å². The molecule has 0 aromatic heterocycles. The molecule has 1 aromatic rings. The van der Waals surface area contributed by atoms with Crippen molar-refractivity contribution in [2.45, 2.75) is 25.9 Å². The van der Waals surface area contributed by atoms with Crippen molar-refractivity contribution < 1.29 is 13.2 Å². The van der Waals surface area contributed by atoms with Gasteiger partial charge in [0.25, 0.3) is 0 Å². The molecular weight excluding hydrogens is 279 g/mol. The molecule has 21 heavy (non-hydrogen) atoms. The molecule has 118 valence electrons. The van der Waals surface area contributed by atoms with Crippen molar-refractivity contribution in [2.24, 2.45) is 5.92 Å². The van der Waals surface area contributed by atoms with E-state index in [1.165, 1.54) is 18.9 Å². The summed E-state index contributed by atoms with van der Waals surface area (Å²) in [5.74, 6) is 0.791. The Kier molecular flexibility index (Phi) is 4.98. The number of rotatable bonds is 4. The minimum Gasteiger partial charge on any atom is -0.397 e. The lowest BCUT2D eigenvalue weighted by Gasteiger charge is -2.30. The molecule has 3 N–H and O–H groups in total. The summed E-state index contributed by atoms with van der Waals surface area (Å²) in [5, 5.41) is 3.12. The zero-order chi connectivity index (χ0) is 15.5. The molecule has 3 nitrogen and oxygen atoms in total. The fourth-order valence-corrected chi connectivity index (χ4v) is 2.53. The molecule has 0 aliphatic carbocycles. The Morgan fingerprint density at radius 3 is 2.52 bits per heavy atom. The molecule has 1 aromatic carbocycles. The van der Waals surface area contributed by atoms with E-state index in [1.807, 2.05) is 0 Å². The molecule has 0 amide bonds. The van der Waals surface area contributed by atoms with Crippen molar-refractivity contribution in [3.8, 4) is 0 Å². The number of piperidine rings is 1. The van der Waals surface area contributed by atoms with Gasteiger partial charge in [-0.15, -0.1) is 0 Å². The van der Waals surface area contributed by atoms with Gasteiger partial charge in [0.1, 0.15) is 0 Å². The number of likely N-dealkylation sites (tertiary alicyclic amines) is 1. The molecule has 1 aliphatic rings. The molecule has 0 bridgehead atoms. The Hall–Kier alpha value is -1.43. The minimum absolute atomic E-state index is 0.136. The highest BCUT2D eigenvalue weighted by Crippen LogP contribution is 2.32. The summed E-state index contributed by atoms with van der Waals surface area (Å²) >= 11 is 0. The van der Waals surface area contributed by atoms with E-state index in [4.69, 9.17) is 5.73 Å². The monoisotopic (exact) mass is 301 g/mol. The van der Waals surface area contributed by atoms with Crippen LogP contribution >= 0.6 is 0 Å². The maximum Gasteiger partial charge on any atom is 0.416 e. The van der Waals surface area contributed by atoms with Crippen LogP contribution in [-0.2, 0) is 6.18 Å². The van der Waals surface area contributed by atoms with Crippen LogP contribution in [-0.4, -0.2) is 31.1 Å². The Bertz CT molecular complexity index is 466. The summed E-state index contributed by atoms with van der Waals surface area (Å²) in [5.41, 5.74) is 5.67. The van der Waals surface area contributed by atoms with Crippen LogP contribution in [0.1, 0.15) is 25.3 Å². The van der Waals surface area contributed by atoms with Gasteiger partial charge in [-0.05, 0) is 50.0 Å². The van der Waals surface area contributed by atoms with Crippen molar-refractivity contribution in [1.29, 1.82) is 0 Å². The summed E-state index contributed by atoms with van der Waals surface area (Å²) in [6, 6.07) is 3.43. The highest BCUT2D eigenvalue weighted by molar-refractivity contribution is 5.67. The molecule has 1 aliphatic heterocycles. The van der Waals surface area contributed by atoms with Gasteiger partial charge in [-0.1, -0.05) is 6.92 Å². The minimum atomic E-state index is -4.35. The predicted molar refractivity (Wildman–Crippen MR) is 79.2 cm³/mol. The highest BCUT2D eigenvalue weighted by atomic mass is 19.4. The summed E-state index contributed by atoms with van der Waals surface area (Å²) in [4.78, 5) is 2.37. The van der Waals surface area contributed by atoms with E-state index >= 15 is 0 Å². The van der Waals surface area contributed by atoms with E-state index in [2.05, 4.69) is 17.1 Å². The molecule has 0 radical (unpaired) electrons. The van der Waals surface area contributed by atoms with E-state index < -0.39 is 11.7 Å². The SMILES string of the molecule is CC1CCN(CCNc2ccc(C(F)(F)F)cc2N)CC1. The highest BCUT2D eigenvalue weighted by Gasteiger charge is 2.30. The first-order valence-corrected chi connectivity index (χ1v) is 7.29. The number of nitrogens with zero attached hydrogens (tertiary/aromatic N) is 1. The molecule has 2 rings (SSSR count). The van der Waals surface area contributed by atoms with Crippen LogP contribution in [0.15, 0.2) is 18.2 Å². The fourth-order valence-electron chi connectivity index (χ4n) is 2.53. The smallest absolute Gasteiger partial charge is 0.397 e. The van der Waals surface area contributed by atoms with Gasteiger partial charge < -0.3 is 16.0 Å². The Labute approximate surface area is 123 Å². The average molecular weight is 301 g/mol. The number of nitrogen functional groups attached to an aromatic ring is 1. The summed E-state index contributed by atoms with van der Waals surface area (Å²) in [6.45, 7) is 6.01. The van der Waals surface area contributed by atoms with Crippen molar-refractivity contribution in [1.82, 2.24) is 4.90 Å². The van der Waals surface area contributed by atoms with Gasteiger partial charge in [0.05, 0.1) is 16.9 Å². The van der Waals surface area contributed by atoms with Gasteiger partial charge >= 0.3 is 6.18 Å². The van der Waals surface area contributed by atoms with Crippen LogP contribution in [0.3, 0.4) is 0 Å². The van der Waals surface area contributed by atoms with E-state index in [9.17, 15) is 13.2 Å². The number of benzene rings is 1. The molecule has 0 unspecified atom stereocenters. The number of nitrogens with two attached hydrogens (primary N) is 1. The third-order valence-corrected chi connectivity index (χ3v) is 4.00. The molecular formula is C15H22F3N3. The largest absolute Gasteiger partial charge is 0.416 e. The number of nitrogens with one attached hydrogen (secondary N) is 1. The lowest BCUT2D eigenvalue weighted by molar-refractivity contribution is -0.137. The lowest BCUT2D eigenvalue weighted by atomic mass is 9.99. The predicted octanol–water partition coefficient (Wildman–Crippen LogP) is 3.43. The summed E-state index contributed by atoms with van der Waals surface area (Å²) in [7, 11) is 0. The molecule has 0 saturated carbocycles. The van der Waals surface area contributed by atoms with Gasteiger partial charge in [0.15, 0.2) is 0 Å². The Morgan fingerprint density at radius 1 is 1.29 bits per heavy atom. The van der Waals surface area contributed by atoms with E-state index in [-0.39, 0.29) is 5.69 Å². The fraction of sp³-hybridized carbons (Fsp3) is 0.600. The lowest BCUT2D eigenvalue weighted by Crippen LogP contribution is -2.36. The van der Waals surface area contributed by atoms with Crippen molar-refractivity contribution in [3.05, 3.63) is 23.8 Å². The quantitative estimate of drug-likeness (QED) is 0.837. The standard InChI is InChI=1S/C15H22F3N3/c1-11-4-7-21(8-5-11)9-6-20-14-3-2-12(10-13(14)19)15(16,17)18/h2-3,10-11,20H,4-9,19H2,1H3. The summed E-state index contributed by atoms with van der Waals surface area (Å²) in [6.07, 6.45) is -1.93. The van der Waals surface area contributed by atoms with Crippen LogP contribution in [0.4, 0.5) is 24.5 Å². The third-order valence-electron chi connectivity index (χ3n) is 4.00. The van der Waals surface area contributed by atoms with Crippen molar-refractivity contribution in [3.63, 3.8) is 0 Å². The molecule has 0 atom stereocenters. The van der Waals surface area contributed by atoms with Crippen LogP contribution in [0.2, 0.25) is 0 Å². The van der Waals surface area contributed by atoms with Crippen LogP contribution in [0, 0.1) is 5.92 Å². The van der Waals surface area contributed by atoms with E-state index in [0.717, 1.165) is 37.7 Å². The number of hydrogen-bond donors (Lipinski definition) is 2. The number of anilines is 2. The first kappa shape index (κ1) is 15.9. The van der Waals surface area contributed by atoms with Gasteiger partial charge in [0, 0.05) is 13.1 Å². The molecule has 1 saturated heterocycles. The number of hydrogen-bond acceptors (Lipinski definition) is 3. The average Bonchev–Trinajstić information content (AvgIpc) is 2.41. The number of alkyl halides is 3. The normalized spacial score (nSPS) is 17.9. The van der Waals surface area contributed by atoms with Gasteiger partial charge in [0.2, 0.25) is 0 Å². The molecule has 1 heterocycles. The first-order valence-electron chi connectivity index (χ1n) is 7.29. The summed E-state index contributed by atoms with van der Waals surface area (Å²) < 4.78 is 37.6.